The third-order valence-electron chi connectivity index (χ3n) is 4.23. The number of rotatable bonds is 6. The van der Waals surface area contributed by atoms with E-state index in [2.05, 4.69) is 51.3 Å². The van der Waals surface area contributed by atoms with Gasteiger partial charge in [0.2, 0.25) is 0 Å². The van der Waals surface area contributed by atoms with Crippen LogP contribution in [0.15, 0.2) is 24.3 Å². The summed E-state index contributed by atoms with van der Waals surface area (Å²) in [5.41, 5.74) is 1.85. The molecule has 0 bridgehead atoms. The first-order chi connectivity index (χ1) is 9.81. The van der Waals surface area contributed by atoms with Crippen molar-refractivity contribution in [1.82, 2.24) is 10.2 Å². The van der Waals surface area contributed by atoms with Crippen molar-refractivity contribution in [3.05, 3.63) is 29.8 Å². The van der Waals surface area contributed by atoms with E-state index in [0.717, 1.165) is 18.7 Å². The van der Waals surface area contributed by atoms with Gasteiger partial charge in [0.05, 0.1) is 0 Å². The minimum Gasteiger partial charge on any atom is -0.322 e. The monoisotopic (exact) mass is 291 g/mol. The standard InChI is InChI=1S/C17H29N3O/c1-7-17(4,5)20(6)16(21)19-15-11-9-10-14(12-15)13(3)18-8-2/h9-13,18H,7-8H2,1-6H3,(H,19,21). The van der Waals surface area contributed by atoms with E-state index in [0.29, 0.717) is 0 Å². The Morgan fingerprint density at radius 2 is 2.00 bits per heavy atom. The molecular weight excluding hydrogens is 262 g/mol. The van der Waals surface area contributed by atoms with Crippen molar-refractivity contribution in [2.45, 2.75) is 52.6 Å². The molecule has 0 spiro atoms. The Morgan fingerprint density at radius 3 is 2.57 bits per heavy atom. The van der Waals surface area contributed by atoms with Crippen LogP contribution in [0, 0.1) is 0 Å². The van der Waals surface area contributed by atoms with E-state index in [9.17, 15) is 4.79 Å². The average Bonchev–Trinajstić information content (AvgIpc) is 2.46. The molecule has 0 aliphatic heterocycles. The van der Waals surface area contributed by atoms with E-state index < -0.39 is 0 Å². The fourth-order valence-electron chi connectivity index (χ4n) is 2.03. The quantitative estimate of drug-likeness (QED) is 0.831. The summed E-state index contributed by atoms with van der Waals surface area (Å²) >= 11 is 0. The van der Waals surface area contributed by atoms with Crippen molar-refractivity contribution in [2.75, 3.05) is 18.9 Å². The first-order valence-corrected chi connectivity index (χ1v) is 7.70. The summed E-state index contributed by atoms with van der Waals surface area (Å²) in [5, 5.41) is 6.35. The Bertz CT molecular complexity index is 471. The summed E-state index contributed by atoms with van der Waals surface area (Å²) in [6.45, 7) is 11.3. The molecule has 4 heteroatoms. The molecule has 0 aliphatic rings. The lowest BCUT2D eigenvalue weighted by molar-refractivity contribution is 0.165. The second kappa shape index (κ2) is 7.46. The number of benzene rings is 1. The highest BCUT2D eigenvalue weighted by atomic mass is 16.2. The molecule has 0 aliphatic carbocycles. The number of hydrogen-bond donors (Lipinski definition) is 2. The third kappa shape index (κ3) is 4.74. The molecule has 118 valence electrons. The maximum absolute atomic E-state index is 12.3. The minimum atomic E-state index is -0.154. The van der Waals surface area contributed by atoms with E-state index in [1.807, 2.05) is 25.2 Å². The highest BCUT2D eigenvalue weighted by molar-refractivity contribution is 5.89. The predicted molar refractivity (Wildman–Crippen MR) is 89.7 cm³/mol. The first kappa shape index (κ1) is 17.5. The number of carbonyl (C=O) groups excluding carboxylic acids is 1. The summed E-state index contributed by atoms with van der Waals surface area (Å²) in [6, 6.07) is 8.20. The van der Waals surface area contributed by atoms with Crippen LogP contribution in [0.5, 0.6) is 0 Å². The lowest BCUT2D eigenvalue weighted by Crippen LogP contribution is -2.46. The molecular formula is C17H29N3O. The van der Waals surface area contributed by atoms with Gasteiger partial charge in [-0.05, 0) is 51.4 Å². The molecule has 0 saturated carbocycles. The van der Waals surface area contributed by atoms with Crippen LogP contribution in [0.3, 0.4) is 0 Å². The molecule has 0 fully saturated rings. The zero-order valence-corrected chi connectivity index (χ0v) is 14.2. The van der Waals surface area contributed by atoms with Crippen molar-refractivity contribution >= 4 is 11.7 Å². The zero-order chi connectivity index (χ0) is 16.0. The second-order valence-electron chi connectivity index (χ2n) is 6.06. The van der Waals surface area contributed by atoms with Crippen LogP contribution in [-0.2, 0) is 0 Å². The van der Waals surface area contributed by atoms with Crippen LogP contribution in [0.2, 0.25) is 0 Å². The zero-order valence-electron chi connectivity index (χ0n) is 14.2. The Morgan fingerprint density at radius 1 is 1.33 bits per heavy atom. The van der Waals surface area contributed by atoms with E-state index in [1.54, 1.807) is 4.90 Å². The Balaban J connectivity index is 2.79. The minimum absolute atomic E-state index is 0.0740. The van der Waals surface area contributed by atoms with E-state index in [1.165, 1.54) is 5.56 Å². The van der Waals surface area contributed by atoms with Crippen LogP contribution < -0.4 is 10.6 Å². The topological polar surface area (TPSA) is 44.4 Å². The van der Waals surface area contributed by atoms with Gasteiger partial charge in [0.15, 0.2) is 0 Å². The molecule has 21 heavy (non-hydrogen) atoms. The van der Waals surface area contributed by atoms with Gasteiger partial charge in [-0.3, -0.25) is 0 Å². The largest absolute Gasteiger partial charge is 0.322 e. The molecule has 2 N–H and O–H groups in total. The van der Waals surface area contributed by atoms with Gasteiger partial charge in [-0.25, -0.2) is 4.79 Å². The molecule has 1 unspecified atom stereocenters. The van der Waals surface area contributed by atoms with Gasteiger partial charge in [-0.15, -0.1) is 0 Å². The molecule has 1 atom stereocenters. The van der Waals surface area contributed by atoms with Crippen LogP contribution in [-0.4, -0.2) is 30.1 Å². The van der Waals surface area contributed by atoms with Gasteiger partial charge in [0, 0.05) is 24.3 Å². The smallest absolute Gasteiger partial charge is 0.322 e. The molecule has 0 radical (unpaired) electrons. The highest BCUT2D eigenvalue weighted by Crippen LogP contribution is 2.20. The number of urea groups is 1. The van der Waals surface area contributed by atoms with E-state index in [4.69, 9.17) is 0 Å². The molecule has 1 rings (SSSR count). The number of amides is 2. The Labute approximate surface area is 128 Å². The van der Waals surface area contributed by atoms with Gasteiger partial charge in [-0.1, -0.05) is 26.0 Å². The number of nitrogens with one attached hydrogen (secondary N) is 2. The van der Waals surface area contributed by atoms with Crippen LogP contribution in [0.1, 0.15) is 52.6 Å². The lowest BCUT2D eigenvalue weighted by atomic mass is 10.0. The van der Waals surface area contributed by atoms with Gasteiger partial charge in [-0.2, -0.15) is 0 Å². The number of nitrogens with zero attached hydrogens (tertiary/aromatic N) is 1. The Kier molecular flexibility index (Phi) is 6.21. The SMILES string of the molecule is CCNC(C)c1cccc(NC(=O)N(C)C(C)(C)CC)c1. The maximum Gasteiger partial charge on any atom is 0.322 e. The van der Waals surface area contributed by atoms with Crippen molar-refractivity contribution in [3.8, 4) is 0 Å². The molecule has 0 aromatic heterocycles. The van der Waals surface area contributed by atoms with Crippen molar-refractivity contribution in [2.24, 2.45) is 0 Å². The van der Waals surface area contributed by atoms with Crippen molar-refractivity contribution in [1.29, 1.82) is 0 Å². The third-order valence-corrected chi connectivity index (χ3v) is 4.23. The predicted octanol–water partition coefficient (Wildman–Crippen LogP) is 4.01. The van der Waals surface area contributed by atoms with Gasteiger partial charge < -0.3 is 15.5 Å². The first-order valence-electron chi connectivity index (χ1n) is 7.70. The Hall–Kier alpha value is -1.55. The molecule has 0 heterocycles. The normalized spacial score (nSPS) is 12.9. The maximum atomic E-state index is 12.3. The molecule has 2 amide bonds. The molecule has 1 aromatic carbocycles. The fourth-order valence-corrected chi connectivity index (χ4v) is 2.03. The van der Waals surface area contributed by atoms with E-state index in [-0.39, 0.29) is 17.6 Å². The summed E-state index contributed by atoms with van der Waals surface area (Å²) in [5.74, 6) is 0. The summed E-state index contributed by atoms with van der Waals surface area (Å²) in [6.07, 6.45) is 0.911. The number of hydrogen-bond acceptors (Lipinski definition) is 2. The highest BCUT2D eigenvalue weighted by Gasteiger charge is 2.25. The molecule has 1 aromatic rings. The summed E-state index contributed by atoms with van der Waals surface area (Å²) in [7, 11) is 1.84. The lowest BCUT2D eigenvalue weighted by Gasteiger charge is -2.34. The molecule has 4 nitrogen and oxygen atoms in total. The van der Waals surface area contributed by atoms with Gasteiger partial charge >= 0.3 is 6.03 Å². The van der Waals surface area contributed by atoms with Crippen LogP contribution in [0.25, 0.3) is 0 Å². The number of anilines is 1. The summed E-state index contributed by atoms with van der Waals surface area (Å²) < 4.78 is 0. The van der Waals surface area contributed by atoms with Gasteiger partial charge in [0.25, 0.3) is 0 Å². The van der Waals surface area contributed by atoms with Gasteiger partial charge in [0.1, 0.15) is 0 Å². The number of carbonyl (C=O) groups is 1. The fraction of sp³-hybridized carbons (Fsp3) is 0.588. The molecule has 0 saturated heterocycles. The van der Waals surface area contributed by atoms with Crippen LogP contribution >= 0.6 is 0 Å². The van der Waals surface area contributed by atoms with E-state index >= 15 is 0 Å². The summed E-state index contributed by atoms with van der Waals surface area (Å²) in [4.78, 5) is 14.1. The van der Waals surface area contributed by atoms with Crippen molar-refractivity contribution in [3.63, 3.8) is 0 Å². The average molecular weight is 291 g/mol. The van der Waals surface area contributed by atoms with Crippen molar-refractivity contribution < 1.29 is 4.79 Å². The second-order valence-corrected chi connectivity index (χ2v) is 6.06. The van der Waals surface area contributed by atoms with Crippen LogP contribution in [0.4, 0.5) is 10.5 Å².